The van der Waals surface area contributed by atoms with Crippen LogP contribution >= 0.6 is 11.6 Å². The zero-order valence-corrected chi connectivity index (χ0v) is 26.3. The van der Waals surface area contributed by atoms with Crippen LogP contribution in [-0.4, -0.2) is 78.6 Å². The van der Waals surface area contributed by atoms with Crippen LogP contribution in [0.2, 0.25) is 5.02 Å². The highest BCUT2D eigenvalue weighted by Crippen LogP contribution is 2.51. The largest absolute Gasteiger partial charge is 0.465 e. The van der Waals surface area contributed by atoms with E-state index < -0.39 is 11.6 Å². The number of halogens is 2. The predicted molar refractivity (Wildman–Crippen MR) is 168 cm³/mol. The Balaban J connectivity index is 1.07. The van der Waals surface area contributed by atoms with Crippen LogP contribution in [0.1, 0.15) is 35.1 Å². The van der Waals surface area contributed by atoms with E-state index >= 15 is 0 Å². The van der Waals surface area contributed by atoms with Gasteiger partial charge in [-0.25, -0.2) is 14.2 Å². The molecule has 3 saturated heterocycles. The molecule has 8 rings (SSSR count). The molecule has 4 aromatic rings. The Bertz CT molecular complexity index is 1830. The number of piperazine rings is 1. The minimum atomic E-state index is -1.34. The van der Waals surface area contributed by atoms with Crippen molar-refractivity contribution in [3.05, 3.63) is 82.4 Å². The quantitative estimate of drug-likeness (QED) is 0.253. The molecule has 3 aromatic carbocycles. The fourth-order valence-corrected chi connectivity index (χ4v) is 7.26. The number of fused-ring (bicyclic) bond motifs is 3. The number of anilines is 1. The number of benzene rings is 3. The Morgan fingerprint density at radius 2 is 1.96 bits per heavy atom. The average molecular weight is 649 g/mol. The minimum Gasteiger partial charge on any atom is -0.465 e. The number of hydrogen-bond donors (Lipinski definition) is 0. The molecule has 10 nitrogen and oxygen atoms in total. The number of para-hydroxylation sites is 1. The van der Waals surface area contributed by atoms with Gasteiger partial charge in [0, 0.05) is 31.6 Å². The van der Waals surface area contributed by atoms with E-state index in [1.165, 1.54) is 13.2 Å². The zero-order chi connectivity index (χ0) is 31.6. The van der Waals surface area contributed by atoms with Crippen molar-refractivity contribution in [3.63, 3.8) is 0 Å². The van der Waals surface area contributed by atoms with Gasteiger partial charge in [-0.2, -0.15) is 0 Å². The Morgan fingerprint density at radius 1 is 1.11 bits per heavy atom. The monoisotopic (exact) mass is 648 g/mol. The van der Waals surface area contributed by atoms with Crippen LogP contribution < -0.4 is 14.4 Å². The Labute approximate surface area is 270 Å². The third kappa shape index (κ3) is 4.97. The number of rotatable bonds is 7. The summed E-state index contributed by atoms with van der Waals surface area (Å²) in [7, 11) is 1.39. The lowest BCUT2D eigenvalue weighted by atomic mass is 10.0. The number of nitrogens with zero attached hydrogens (tertiary/aromatic N) is 4. The predicted octanol–water partition coefficient (Wildman–Crippen LogP) is 5.14. The van der Waals surface area contributed by atoms with Gasteiger partial charge in [-0.05, 0) is 55.0 Å². The SMILES string of the molecule is COC(=O)c1ccc2nc(CN3CCN(c4cccc5c4O[C@@](C)(c4ccc(Cl)cc4F)O5)[C@@H]4COC[C@@H]43)n(C[C@@H]3CCO3)c2c1. The highest BCUT2D eigenvalue weighted by Gasteiger charge is 2.46. The van der Waals surface area contributed by atoms with Gasteiger partial charge in [0.05, 0.1) is 79.4 Å². The fraction of sp³-hybridized carbons (Fsp3) is 0.412. The highest BCUT2D eigenvalue weighted by atomic mass is 35.5. The smallest absolute Gasteiger partial charge is 0.337 e. The van der Waals surface area contributed by atoms with Crippen LogP contribution in [0, 0.1) is 5.82 Å². The van der Waals surface area contributed by atoms with E-state index in [9.17, 15) is 9.18 Å². The van der Waals surface area contributed by atoms with E-state index in [1.807, 2.05) is 30.3 Å². The van der Waals surface area contributed by atoms with Gasteiger partial charge >= 0.3 is 5.97 Å². The maximum Gasteiger partial charge on any atom is 0.337 e. The molecular weight excluding hydrogens is 615 g/mol. The average Bonchev–Trinajstić information content (AvgIpc) is 3.74. The molecular formula is C34H34ClFN4O6. The van der Waals surface area contributed by atoms with Gasteiger partial charge in [-0.15, -0.1) is 0 Å². The molecule has 0 amide bonds. The van der Waals surface area contributed by atoms with Crippen molar-refractivity contribution >= 4 is 34.3 Å². The van der Waals surface area contributed by atoms with Crippen molar-refractivity contribution in [3.8, 4) is 11.5 Å². The first kappa shape index (κ1) is 29.5. The summed E-state index contributed by atoms with van der Waals surface area (Å²) in [5.41, 5.74) is 3.38. The number of imidazole rings is 1. The summed E-state index contributed by atoms with van der Waals surface area (Å²) in [6.45, 7) is 6.38. The number of methoxy groups -OCH3 is 1. The lowest BCUT2D eigenvalue weighted by Crippen LogP contribution is -2.59. The van der Waals surface area contributed by atoms with E-state index in [0.29, 0.717) is 48.4 Å². The van der Waals surface area contributed by atoms with Crippen molar-refractivity contribution in [2.24, 2.45) is 0 Å². The van der Waals surface area contributed by atoms with Crippen LogP contribution in [0.4, 0.5) is 10.1 Å². The maximum atomic E-state index is 15.0. The Kier molecular flexibility index (Phi) is 7.32. The second-order valence-corrected chi connectivity index (χ2v) is 12.8. The molecule has 46 heavy (non-hydrogen) atoms. The molecule has 0 N–H and O–H groups in total. The topological polar surface area (TPSA) is 87.5 Å². The molecule has 12 heteroatoms. The van der Waals surface area contributed by atoms with Gasteiger partial charge in [0.25, 0.3) is 5.79 Å². The van der Waals surface area contributed by atoms with E-state index in [2.05, 4.69) is 14.4 Å². The first-order chi connectivity index (χ1) is 22.3. The van der Waals surface area contributed by atoms with Crippen molar-refractivity contribution in [2.75, 3.05) is 44.9 Å². The highest BCUT2D eigenvalue weighted by molar-refractivity contribution is 6.30. The van der Waals surface area contributed by atoms with E-state index in [1.54, 1.807) is 25.1 Å². The fourth-order valence-electron chi connectivity index (χ4n) is 7.10. The first-order valence-corrected chi connectivity index (χ1v) is 15.9. The standard InChI is InChI=1S/C34H34ClFN4O6/c1-34(23-8-7-21(35)15-24(23)36)45-30-5-3-4-26(32(30)46-34)39-12-11-38(28-18-43-19-29(28)39)17-31-37-25-9-6-20(33(41)42-2)14-27(25)40(31)16-22-10-13-44-22/h3-9,14-15,22,28-29H,10-13,16-19H2,1-2H3/t22-,28-,29+,34-/m0/s1. The molecule has 240 valence electrons. The molecule has 5 heterocycles. The zero-order valence-electron chi connectivity index (χ0n) is 25.6. The molecule has 4 atom stereocenters. The number of carbonyl (C=O) groups excluding carboxylic acids is 1. The molecule has 1 aromatic heterocycles. The van der Waals surface area contributed by atoms with Crippen LogP contribution in [-0.2, 0) is 33.1 Å². The molecule has 0 unspecified atom stereocenters. The lowest BCUT2D eigenvalue weighted by molar-refractivity contribution is -0.0705. The van der Waals surface area contributed by atoms with Gasteiger partial charge in [0.15, 0.2) is 11.5 Å². The molecule has 3 fully saturated rings. The first-order valence-electron chi connectivity index (χ1n) is 15.6. The summed E-state index contributed by atoms with van der Waals surface area (Å²) < 4.78 is 46.7. The van der Waals surface area contributed by atoms with Gasteiger partial charge in [0.1, 0.15) is 11.6 Å². The summed E-state index contributed by atoms with van der Waals surface area (Å²) in [6.07, 6.45) is 1.11. The van der Waals surface area contributed by atoms with Gasteiger partial charge < -0.3 is 33.2 Å². The van der Waals surface area contributed by atoms with Gasteiger partial charge in [0.2, 0.25) is 0 Å². The maximum absolute atomic E-state index is 15.0. The summed E-state index contributed by atoms with van der Waals surface area (Å²) in [6, 6.07) is 16.0. The summed E-state index contributed by atoms with van der Waals surface area (Å²) in [4.78, 5) is 22.1. The Morgan fingerprint density at radius 3 is 2.74 bits per heavy atom. The van der Waals surface area contributed by atoms with Crippen LogP contribution in [0.25, 0.3) is 11.0 Å². The van der Waals surface area contributed by atoms with E-state index in [0.717, 1.165) is 48.7 Å². The van der Waals surface area contributed by atoms with Crippen LogP contribution in [0.3, 0.4) is 0 Å². The summed E-state index contributed by atoms with van der Waals surface area (Å²) >= 11 is 6.01. The van der Waals surface area contributed by atoms with Crippen molar-refractivity contribution in [1.29, 1.82) is 0 Å². The molecule has 0 radical (unpaired) electrons. The third-order valence-electron chi connectivity index (χ3n) is 9.58. The lowest BCUT2D eigenvalue weighted by Gasteiger charge is -2.44. The van der Waals surface area contributed by atoms with Crippen LogP contribution in [0.5, 0.6) is 11.5 Å². The molecule has 4 aliphatic rings. The van der Waals surface area contributed by atoms with Gasteiger partial charge in [-0.3, -0.25) is 4.90 Å². The van der Waals surface area contributed by atoms with Crippen LogP contribution in [0.15, 0.2) is 54.6 Å². The van der Waals surface area contributed by atoms with E-state index in [4.69, 9.17) is 40.3 Å². The van der Waals surface area contributed by atoms with Crippen molar-refractivity contribution in [1.82, 2.24) is 14.5 Å². The summed E-state index contributed by atoms with van der Waals surface area (Å²) in [5, 5.41) is 0.309. The second-order valence-electron chi connectivity index (χ2n) is 12.3. The second kappa shape index (κ2) is 11.4. The summed E-state index contributed by atoms with van der Waals surface area (Å²) in [5.74, 6) is -0.133. The molecule has 0 spiro atoms. The van der Waals surface area contributed by atoms with Crippen molar-refractivity contribution in [2.45, 2.75) is 50.4 Å². The van der Waals surface area contributed by atoms with Gasteiger partial charge in [-0.1, -0.05) is 17.7 Å². The number of esters is 1. The Hall–Kier alpha value is -3.90. The molecule has 0 saturated carbocycles. The number of ether oxygens (including phenoxy) is 5. The molecule has 4 aliphatic heterocycles. The molecule has 0 aliphatic carbocycles. The van der Waals surface area contributed by atoms with E-state index in [-0.39, 0.29) is 29.7 Å². The number of carbonyl (C=O) groups is 1. The third-order valence-corrected chi connectivity index (χ3v) is 9.82. The minimum absolute atomic E-state index is 0.0571. The number of aromatic nitrogens is 2. The molecule has 0 bridgehead atoms. The normalized spacial score (nSPS) is 25.5. The number of hydrogen-bond acceptors (Lipinski definition) is 9. The van der Waals surface area contributed by atoms with Crippen molar-refractivity contribution < 1.29 is 32.9 Å².